The van der Waals surface area contributed by atoms with Crippen molar-refractivity contribution in [2.45, 2.75) is 58.0 Å². The quantitative estimate of drug-likeness (QED) is 0.872. The fourth-order valence-electron chi connectivity index (χ4n) is 2.77. The highest BCUT2D eigenvalue weighted by Gasteiger charge is 2.22. The van der Waals surface area contributed by atoms with Crippen LogP contribution in [0.15, 0.2) is 5.38 Å². The maximum atomic E-state index is 12.0. The van der Waals surface area contributed by atoms with Crippen LogP contribution >= 0.6 is 11.3 Å². The smallest absolute Gasteiger partial charge is 0.270 e. The summed E-state index contributed by atoms with van der Waals surface area (Å²) in [6.45, 7) is 2.64. The first-order valence-electron chi connectivity index (χ1n) is 7.18. The van der Waals surface area contributed by atoms with E-state index in [2.05, 4.69) is 17.2 Å². The Morgan fingerprint density at radius 3 is 2.79 bits per heavy atom. The molecule has 2 rings (SSSR count). The Hall–Kier alpha value is -0.940. The van der Waals surface area contributed by atoms with Crippen LogP contribution in [0.2, 0.25) is 0 Å². The van der Waals surface area contributed by atoms with E-state index >= 15 is 0 Å². The van der Waals surface area contributed by atoms with E-state index in [9.17, 15) is 4.79 Å². The van der Waals surface area contributed by atoms with Gasteiger partial charge in [0.1, 0.15) is 10.7 Å². The molecule has 1 amide bonds. The molecule has 1 fully saturated rings. The lowest BCUT2D eigenvalue weighted by Gasteiger charge is -2.28. The van der Waals surface area contributed by atoms with Gasteiger partial charge >= 0.3 is 0 Å². The lowest BCUT2D eigenvalue weighted by atomic mass is 9.83. The van der Waals surface area contributed by atoms with Gasteiger partial charge in [0, 0.05) is 18.0 Å². The molecule has 0 bridgehead atoms. The van der Waals surface area contributed by atoms with Crippen LogP contribution in [0.25, 0.3) is 0 Å². The van der Waals surface area contributed by atoms with E-state index in [1.807, 2.05) is 0 Å². The number of hydrogen-bond acceptors (Lipinski definition) is 4. The molecule has 0 atom stereocenters. The number of nitrogens with one attached hydrogen (secondary N) is 1. The summed E-state index contributed by atoms with van der Waals surface area (Å²) in [6, 6.07) is 0.323. The van der Waals surface area contributed by atoms with Gasteiger partial charge in [-0.25, -0.2) is 4.98 Å². The van der Waals surface area contributed by atoms with Crippen molar-refractivity contribution in [3.63, 3.8) is 0 Å². The van der Waals surface area contributed by atoms with Crippen molar-refractivity contribution in [2.24, 2.45) is 11.7 Å². The second kappa shape index (κ2) is 7.01. The summed E-state index contributed by atoms with van der Waals surface area (Å²) in [5.41, 5.74) is 6.02. The van der Waals surface area contributed by atoms with Crippen LogP contribution in [0.4, 0.5) is 0 Å². The fraction of sp³-hybridized carbons (Fsp3) is 0.714. The van der Waals surface area contributed by atoms with Crippen LogP contribution in [0.5, 0.6) is 0 Å². The van der Waals surface area contributed by atoms with Crippen molar-refractivity contribution in [3.05, 3.63) is 16.1 Å². The number of carbonyl (C=O) groups is 1. The molecule has 0 spiro atoms. The van der Waals surface area contributed by atoms with Crippen LogP contribution in [-0.4, -0.2) is 16.9 Å². The van der Waals surface area contributed by atoms with Gasteiger partial charge in [-0.15, -0.1) is 11.3 Å². The third-order valence-corrected chi connectivity index (χ3v) is 4.71. The van der Waals surface area contributed by atoms with Crippen molar-refractivity contribution < 1.29 is 4.79 Å². The summed E-state index contributed by atoms with van der Waals surface area (Å²) >= 11 is 1.45. The van der Waals surface area contributed by atoms with Crippen molar-refractivity contribution in [3.8, 4) is 0 Å². The molecule has 1 aliphatic carbocycles. The van der Waals surface area contributed by atoms with Gasteiger partial charge in [-0.2, -0.15) is 0 Å². The molecule has 1 aromatic heterocycles. The summed E-state index contributed by atoms with van der Waals surface area (Å²) in [7, 11) is 0. The van der Waals surface area contributed by atoms with Crippen molar-refractivity contribution in [2.75, 3.05) is 0 Å². The van der Waals surface area contributed by atoms with Crippen LogP contribution in [0.1, 0.15) is 60.9 Å². The van der Waals surface area contributed by atoms with E-state index in [-0.39, 0.29) is 5.91 Å². The van der Waals surface area contributed by atoms with Gasteiger partial charge in [0.15, 0.2) is 0 Å². The van der Waals surface area contributed by atoms with Gasteiger partial charge in [-0.05, 0) is 31.6 Å². The number of carbonyl (C=O) groups excluding carboxylic acids is 1. The second-order valence-corrected chi connectivity index (χ2v) is 6.25. The van der Waals surface area contributed by atoms with Gasteiger partial charge in [0.2, 0.25) is 0 Å². The standard InChI is InChI=1S/C14H23N3OS/c1-2-3-10-4-6-11(7-5-10)16-14(18)12-9-19-13(8-15)17-12/h9-11H,2-8,15H2,1H3,(H,16,18). The van der Waals surface area contributed by atoms with E-state index in [1.165, 1.54) is 37.0 Å². The van der Waals surface area contributed by atoms with Gasteiger partial charge in [-0.1, -0.05) is 19.8 Å². The zero-order chi connectivity index (χ0) is 13.7. The summed E-state index contributed by atoms with van der Waals surface area (Å²) < 4.78 is 0. The molecular formula is C14H23N3OS. The van der Waals surface area contributed by atoms with Crippen molar-refractivity contribution in [1.29, 1.82) is 0 Å². The van der Waals surface area contributed by atoms with Crippen LogP contribution in [-0.2, 0) is 6.54 Å². The fourth-order valence-corrected chi connectivity index (χ4v) is 3.43. The minimum atomic E-state index is -0.0464. The molecule has 0 saturated heterocycles. The van der Waals surface area contributed by atoms with Crippen molar-refractivity contribution >= 4 is 17.2 Å². The summed E-state index contributed by atoms with van der Waals surface area (Å²) in [5.74, 6) is 0.816. The van der Waals surface area contributed by atoms with Gasteiger partial charge in [0.25, 0.3) is 5.91 Å². The third-order valence-electron chi connectivity index (χ3n) is 3.84. The molecule has 0 aromatic carbocycles. The minimum Gasteiger partial charge on any atom is -0.348 e. The monoisotopic (exact) mass is 281 g/mol. The van der Waals surface area contributed by atoms with E-state index < -0.39 is 0 Å². The van der Waals surface area contributed by atoms with Gasteiger partial charge in [-0.3, -0.25) is 4.79 Å². The number of thiazole rings is 1. The Labute approximate surface area is 118 Å². The molecule has 106 valence electrons. The Morgan fingerprint density at radius 1 is 1.47 bits per heavy atom. The van der Waals surface area contributed by atoms with Gasteiger partial charge in [0.05, 0.1) is 0 Å². The maximum absolute atomic E-state index is 12.0. The average molecular weight is 281 g/mol. The second-order valence-electron chi connectivity index (χ2n) is 5.31. The molecule has 1 heterocycles. The third kappa shape index (κ3) is 4.01. The van der Waals surface area contributed by atoms with E-state index in [1.54, 1.807) is 5.38 Å². The van der Waals surface area contributed by atoms with Crippen LogP contribution < -0.4 is 11.1 Å². The molecule has 19 heavy (non-hydrogen) atoms. The summed E-state index contributed by atoms with van der Waals surface area (Å²) in [6.07, 6.45) is 7.28. The molecule has 1 saturated carbocycles. The number of aromatic nitrogens is 1. The van der Waals surface area contributed by atoms with Crippen molar-refractivity contribution in [1.82, 2.24) is 10.3 Å². The molecule has 4 nitrogen and oxygen atoms in total. The first-order valence-corrected chi connectivity index (χ1v) is 8.06. The summed E-state index contributed by atoms with van der Waals surface area (Å²) in [5, 5.41) is 5.71. The number of amides is 1. The zero-order valence-electron chi connectivity index (χ0n) is 11.5. The molecule has 5 heteroatoms. The first kappa shape index (κ1) is 14.5. The first-order chi connectivity index (χ1) is 9.22. The topological polar surface area (TPSA) is 68.0 Å². The molecule has 1 aromatic rings. The highest BCUT2D eigenvalue weighted by atomic mass is 32.1. The highest BCUT2D eigenvalue weighted by Crippen LogP contribution is 2.27. The normalized spacial score (nSPS) is 23.3. The summed E-state index contributed by atoms with van der Waals surface area (Å²) in [4.78, 5) is 16.3. The SMILES string of the molecule is CCCC1CCC(NC(=O)c2csc(CN)n2)CC1. The van der Waals surface area contributed by atoms with Gasteiger partial charge < -0.3 is 11.1 Å². The largest absolute Gasteiger partial charge is 0.348 e. The Kier molecular flexibility index (Phi) is 5.34. The minimum absolute atomic E-state index is 0.0464. The maximum Gasteiger partial charge on any atom is 0.270 e. The molecule has 0 unspecified atom stereocenters. The predicted molar refractivity (Wildman–Crippen MR) is 78.1 cm³/mol. The van der Waals surface area contributed by atoms with Crippen LogP contribution in [0.3, 0.4) is 0 Å². The number of rotatable bonds is 5. The van der Waals surface area contributed by atoms with E-state index in [4.69, 9.17) is 5.73 Å². The molecule has 1 aliphatic rings. The number of nitrogens with zero attached hydrogens (tertiary/aromatic N) is 1. The Balaban J connectivity index is 1.80. The van der Waals surface area contributed by atoms with Crippen LogP contribution in [0, 0.1) is 5.92 Å². The predicted octanol–water partition coefficient (Wildman–Crippen LogP) is 2.69. The molecule has 0 aliphatic heterocycles. The van der Waals surface area contributed by atoms with E-state index in [0.29, 0.717) is 18.3 Å². The lowest BCUT2D eigenvalue weighted by molar-refractivity contribution is 0.0916. The zero-order valence-corrected chi connectivity index (χ0v) is 12.3. The Bertz CT molecular complexity index is 411. The molecule has 0 radical (unpaired) electrons. The number of hydrogen-bond donors (Lipinski definition) is 2. The highest BCUT2D eigenvalue weighted by molar-refractivity contribution is 7.09. The number of nitrogens with two attached hydrogens (primary N) is 1. The molecular weight excluding hydrogens is 258 g/mol. The lowest BCUT2D eigenvalue weighted by Crippen LogP contribution is -2.37. The Morgan fingerprint density at radius 2 is 2.21 bits per heavy atom. The molecule has 3 N–H and O–H groups in total. The average Bonchev–Trinajstić information content (AvgIpc) is 2.90. The van der Waals surface area contributed by atoms with E-state index in [0.717, 1.165) is 23.8 Å².